The molecule has 1 spiro atoms. The van der Waals surface area contributed by atoms with E-state index in [0.29, 0.717) is 50.6 Å². The molecule has 6 nitrogen and oxygen atoms in total. The number of fused-ring (bicyclic) bond motifs is 2. The molecule has 1 unspecified atom stereocenters. The Morgan fingerprint density at radius 1 is 0.946 bits per heavy atom. The third-order valence-electron chi connectivity index (χ3n) is 11.0. The third kappa shape index (κ3) is 4.32. The zero-order valence-corrected chi connectivity index (χ0v) is 23.4. The van der Waals surface area contributed by atoms with E-state index < -0.39 is 0 Å². The molecule has 1 aromatic carbocycles. The Hall–Kier alpha value is -1.60. The van der Waals surface area contributed by atoms with E-state index >= 15 is 0 Å². The Labute approximate surface area is 229 Å². The highest BCUT2D eigenvalue weighted by Gasteiger charge is 2.50. The first kappa shape index (κ1) is 24.4. The van der Waals surface area contributed by atoms with Crippen molar-refractivity contribution >= 4 is 27.9 Å². The number of hydrogen-bond donors (Lipinski definition) is 1. The number of hydrogen-bond acceptors (Lipinski definition) is 3. The van der Waals surface area contributed by atoms with Gasteiger partial charge in [-0.25, -0.2) is 4.79 Å². The lowest BCUT2D eigenvalue weighted by molar-refractivity contribution is -0.135. The van der Waals surface area contributed by atoms with Crippen molar-refractivity contribution < 1.29 is 14.3 Å². The van der Waals surface area contributed by atoms with E-state index in [2.05, 4.69) is 44.3 Å². The number of benzene rings is 1. The van der Waals surface area contributed by atoms with Crippen molar-refractivity contribution in [3.8, 4) is 0 Å². The number of ether oxygens (including phenoxy) is 1. The van der Waals surface area contributed by atoms with Gasteiger partial charge in [0.25, 0.3) is 0 Å². The molecule has 1 atom stereocenters. The quantitative estimate of drug-likeness (QED) is 0.553. The zero-order chi connectivity index (χ0) is 25.1. The van der Waals surface area contributed by atoms with Crippen LogP contribution in [-0.4, -0.2) is 67.2 Å². The van der Waals surface area contributed by atoms with E-state index in [1.54, 1.807) is 0 Å². The van der Waals surface area contributed by atoms with Gasteiger partial charge in [0.15, 0.2) is 0 Å². The van der Waals surface area contributed by atoms with Crippen LogP contribution in [0.15, 0.2) is 22.7 Å². The van der Waals surface area contributed by atoms with Gasteiger partial charge in [-0.15, -0.1) is 0 Å². The number of nitrogens with zero attached hydrogens (tertiary/aromatic N) is 2. The van der Waals surface area contributed by atoms with Crippen LogP contribution >= 0.6 is 15.9 Å². The van der Waals surface area contributed by atoms with E-state index in [4.69, 9.17) is 4.74 Å². The summed E-state index contributed by atoms with van der Waals surface area (Å²) in [6, 6.07) is 7.06. The Kier molecular flexibility index (Phi) is 6.31. The van der Waals surface area contributed by atoms with Crippen LogP contribution in [0, 0.1) is 23.7 Å². The van der Waals surface area contributed by atoms with Crippen molar-refractivity contribution in [2.75, 3.05) is 39.4 Å². The van der Waals surface area contributed by atoms with Crippen LogP contribution in [-0.2, 0) is 14.9 Å². The van der Waals surface area contributed by atoms with Crippen LogP contribution < -0.4 is 5.32 Å². The second-order valence-electron chi connectivity index (χ2n) is 13.0. The number of piperidine rings is 1. The Morgan fingerprint density at radius 3 is 2.30 bits per heavy atom. The van der Waals surface area contributed by atoms with E-state index in [0.717, 1.165) is 48.7 Å². The summed E-state index contributed by atoms with van der Waals surface area (Å²) in [5.74, 6) is 3.77. The molecule has 7 heteroatoms. The average Bonchev–Trinajstić information content (AvgIpc) is 3.20. The summed E-state index contributed by atoms with van der Waals surface area (Å²) in [6.07, 6.45) is 10.3. The standard InChI is InChI=1S/C30H40BrN3O3/c31-25-3-1-2-24-23(17-26(35)33-8-10-37-11-9-33)18-30(27(24)25)4-6-34(7-5-30)29(36)32-28-21-13-19-12-20(15-21)16-22(28)14-19/h1-3,19-23,28H,4-18H2,(H,32,36). The van der Waals surface area contributed by atoms with Gasteiger partial charge in [0.05, 0.1) is 13.2 Å². The maximum Gasteiger partial charge on any atom is 0.317 e. The highest BCUT2D eigenvalue weighted by atomic mass is 79.9. The van der Waals surface area contributed by atoms with E-state index in [1.807, 2.05) is 4.90 Å². The van der Waals surface area contributed by atoms with E-state index in [9.17, 15) is 9.59 Å². The largest absolute Gasteiger partial charge is 0.378 e. The molecule has 5 aliphatic carbocycles. The van der Waals surface area contributed by atoms with Gasteiger partial charge in [0.1, 0.15) is 0 Å². The number of nitrogens with one attached hydrogen (secondary N) is 1. The molecule has 8 rings (SSSR count). The molecule has 0 radical (unpaired) electrons. The topological polar surface area (TPSA) is 61.9 Å². The van der Waals surface area contributed by atoms with Crippen LogP contribution in [0.25, 0.3) is 0 Å². The van der Waals surface area contributed by atoms with Gasteiger partial charge in [0, 0.05) is 48.5 Å². The highest BCUT2D eigenvalue weighted by molar-refractivity contribution is 9.10. The molecule has 2 heterocycles. The zero-order valence-electron chi connectivity index (χ0n) is 21.8. The summed E-state index contributed by atoms with van der Waals surface area (Å²) in [6.45, 7) is 4.29. The van der Waals surface area contributed by atoms with Crippen molar-refractivity contribution in [1.82, 2.24) is 15.1 Å². The molecule has 2 saturated heterocycles. The van der Waals surface area contributed by atoms with Crippen molar-refractivity contribution in [1.29, 1.82) is 0 Å². The van der Waals surface area contributed by atoms with Crippen LogP contribution in [0.1, 0.15) is 74.8 Å². The average molecular weight is 571 g/mol. The predicted octanol–water partition coefficient (Wildman–Crippen LogP) is 5.05. The minimum Gasteiger partial charge on any atom is -0.378 e. The number of carbonyl (C=O) groups is 2. The summed E-state index contributed by atoms with van der Waals surface area (Å²) >= 11 is 3.87. The Balaban J connectivity index is 1.02. The molecule has 2 aliphatic heterocycles. The maximum absolute atomic E-state index is 13.4. The number of halogens is 1. The van der Waals surface area contributed by atoms with E-state index in [-0.39, 0.29) is 23.3 Å². The summed E-state index contributed by atoms with van der Waals surface area (Å²) < 4.78 is 6.61. The SMILES string of the molecule is O=C(CC1CC2(CCN(C(=O)NC3C4CC5CC(C4)CC3C5)CC2)c2c(Br)cccc21)N1CCOCC1. The first-order valence-corrected chi connectivity index (χ1v) is 15.5. The molecule has 37 heavy (non-hydrogen) atoms. The van der Waals surface area contributed by atoms with Gasteiger partial charge in [-0.2, -0.15) is 0 Å². The molecule has 4 bridgehead atoms. The van der Waals surface area contributed by atoms with E-state index in [1.165, 1.54) is 43.2 Å². The summed E-state index contributed by atoms with van der Waals surface area (Å²) in [5, 5.41) is 3.53. The first-order chi connectivity index (χ1) is 18.0. The van der Waals surface area contributed by atoms with Gasteiger partial charge in [0.2, 0.25) is 5.91 Å². The van der Waals surface area contributed by atoms with Gasteiger partial charge >= 0.3 is 6.03 Å². The molecule has 1 N–H and O–H groups in total. The smallest absolute Gasteiger partial charge is 0.317 e. The Bertz CT molecular complexity index is 1030. The number of carbonyl (C=O) groups excluding carboxylic acids is 2. The molecular formula is C30H40BrN3O3. The fraction of sp³-hybridized carbons (Fsp3) is 0.733. The number of amides is 3. The fourth-order valence-electron chi connectivity index (χ4n) is 9.45. The number of urea groups is 1. The third-order valence-corrected chi connectivity index (χ3v) is 11.6. The first-order valence-electron chi connectivity index (χ1n) is 14.7. The van der Waals surface area contributed by atoms with Gasteiger partial charge < -0.3 is 19.9 Å². The molecule has 200 valence electrons. The van der Waals surface area contributed by atoms with Gasteiger partial charge in [-0.05, 0) is 98.1 Å². The summed E-state index contributed by atoms with van der Waals surface area (Å²) in [7, 11) is 0. The van der Waals surface area contributed by atoms with Crippen molar-refractivity contribution in [3.63, 3.8) is 0 Å². The monoisotopic (exact) mass is 569 g/mol. The van der Waals surface area contributed by atoms with Crippen LogP contribution in [0.2, 0.25) is 0 Å². The normalized spacial score (nSPS) is 35.6. The second-order valence-corrected chi connectivity index (χ2v) is 13.8. The molecule has 3 amide bonds. The van der Waals surface area contributed by atoms with Crippen LogP contribution in [0.4, 0.5) is 4.79 Å². The summed E-state index contributed by atoms with van der Waals surface area (Å²) in [4.78, 5) is 30.6. The molecular weight excluding hydrogens is 530 g/mol. The lowest BCUT2D eigenvalue weighted by atomic mass is 9.54. The molecule has 0 aromatic heterocycles. The van der Waals surface area contributed by atoms with Gasteiger partial charge in [-0.3, -0.25) is 4.79 Å². The Morgan fingerprint density at radius 2 is 1.62 bits per heavy atom. The highest BCUT2D eigenvalue weighted by Crippen LogP contribution is 2.56. The fourth-order valence-corrected chi connectivity index (χ4v) is 10.2. The van der Waals surface area contributed by atoms with Crippen LogP contribution in [0.5, 0.6) is 0 Å². The number of rotatable bonds is 3. The maximum atomic E-state index is 13.4. The second kappa shape index (κ2) is 9.55. The van der Waals surface area contributed by atoms with Crippen molar-refractivity contribution in [2.24, 2.45) is 23.7 Å². The molecule has 6 fully saturated rings. The molecule has 4 saturated carbocycles. The van der Waals surface area contributed by atoms with Crippen LogP contribution in [0.3, 0.4) is 0 Å². The minimum absolute atomic E-state index is 0.0464. The number of likely N-dealkylation sites (tertiary alicyclic amines) is 1. The van der Waals surface area contributed by atoms with Crippen molar-refractivity contribution in [2.45, 2.75) is 75.2 Å². The minimum atomic E-state index is 0.0464. The lowest BCUT2D eigenvalue weighted by Crippen LogP contribution is -2.59. The van der Waals surface area contributed by atoms with Crippen molar-refractivity contribution in [3.05, 3.63) is 33.8 Å². The molecule has 7 aliphatic rings. The number of morpholine rings is 1. The summed E-state index contributed by atoms with van der Waals surface area (Å²) in [5.41, 5.74) is 2.78. The van der Waals surface area contributed by atoms with Gasteiger partial charge in [-0.1, -0.05) is 28.1 Å². The molecule has 1 aromatic rings. The predicted molar refractivity (Wildman–Crippen MR) is 145 cm³/mol. The lowest BCUT2D eigenvalue weighted by Gasteiger charge is -2.54.